The number of fused-ring (bicyclic) bond motifs is 1. The second-order valence-corrected chi connectivity index (χ2v) is 8.05. The van der Waals surface area contributed by atoms with Gasteiger partial charge >= 0.3 is 0 Å². The van der Waals surface area contributed by atoms with Gasteiger partial charge < -0.3 is 5.32 Å². The summed E-state index contributed by atoms with van der Waals surface area (Å²) < 4.78 is 1.08. The van der Waals surface area contributed by atoms with Crippen LogP contribution in [0.4, 0.5) is 5.13 Å². The molecule has 0 bridgehead atoms. The van der Waals surface area contributed by atoms with Crippen molar-refractivity contribution in [2.75, 3.05) is 11.4 Å². The smallest absolute Gasteiger partial charge is 0.230 e. The number of carbonyl (C=O) groups is 2. The quantitative estimate of drug-likeness (QED) is 0.642. The third-order valence-corrected chi connectivity index (χ3v) is 5.53. The Balaban J connectivity index is 1.93. The van der Waals surface area contributed by atoms with Crippen LogP contribution in [0.3, 0.4) is 0 Å². The Kier molecular flexibility index (Phi) is 6.41. The van der Waals surface area contributed by atoms with Crippen LogP contribution < -0.4 is 10.2 Å². The van der Waals surface area contributed by atoms with Crippen molar-refractivity contribution in [3.05, 3.63) is 59.7 Å². The normalized spacial score (nSPS) is 11.0. The third kappa shape index (κ3) is 4.75. The molecule has 0 aliphatic rings. The van der Waals surface area contributed by atoms with Gasteiger partial charge in [0.1, 0.15) is 0 Å². The number of hydrogen-bond acceptors (Lipinski definition) is 4. The van der Waals surface area contributed by atoms with E-state index >= 15 is 0 Å². The summed E-state index contributed by atoms with van der Waals surface area (Å²) in [6, 6.07) is 16.1. The third-order valence-electron chi connectivity index (χ3n) is 4.49. The van der Waals surface area contributed by atoms with E-state index in [0.29, 0.717) is 24.1 Å². The van der Waals surface area contributed by atoms with Crippen LogP contribution in [0.25, 0.3) is 10.2 Å². The van der Waals surface area contributed by atoms with Gasteiger partial charge in [-0.05, 0) is 23.1 Å². The largest absolute Gasteiger partial charge is 0.356 e. The number of nitrogens with one attached hydrogen (secondary N) is 1. The number of nitrogens with zero attached hydrogens (tertiary/aromatic N) is 2. The van der Waals surface area contributed by atoms with E-state index < -0.39 is 0 Å². The summed E-state index contributed by atoms with van der Waals surface area (Å²) in [5, 5.41) is 3.39. The first-order valence-corrected chi connectivity index (χ1v) is 10.3. The standard InChI is InChI=1S/C22H25N3O2S/c1-15(2)18-10-7-11-19-21(18)24-22(28-19)25(14-17-8-5-4-6-9-17)20(27)12-13-23-16(3)26/h4-11,15H,12-14H2,1-3H3,(H,23,26). The summed E-state index contributed by atoms with van der Waals surface area (Å²) in [6.45, 7) is 6.52. The van der Waals surface area contributed by atoms with Crippen molar-refractivity contribution in [3.8, 4) is 0 Å². The van der Waals surface area contributed by atoms with Crippen molar-refractivity contribution >= 4 is 38.5 Å². The molecule has 1 aromatic heterocycles. The predicted octanol–water partition coefficient (Wildman–Crippen LogP) is 4.48. The van der Waals surface area contributed by atoms with E-state index in [1.807, 2.05) is 42.5 Å². The average Bonchev–Trinajstić information content (AvgIpc) is 3.10. The molecule has 0 fully saturated rings. The second-order valence-electron chi connectivity index (χ2n) is 7.04. The lowest BCUT2D eigenvalue weighted by molar-refractivity contribution is -0.120. The van der Waals surface area contributed by atoms with Crippen LogP contribution >= 0.6 is 11.3 Å². The van der Waals surface area contributed by atoms with Crippen molar-refractivity contribution in [2.45, 2.75) is 39.7 Å². The van der Waals surface area contributed by atoms with E-state index in [1.54, 1.807) is 4.90 Å². The molecule has 0 aliphatic carbocycles. The molecule has 2 amide bonds. The first kappa shape index (κ1) is 20.0. The van der Waals surface area contributed by atoms with Gasteiger partial charge in [0.15, 0.2) is 5.13 Å². The van der Waals surface area contributed by atoms with E-state index in [9.17, 15) is 9.59 Å². The molecule has 0 aliphatic heterocycles. The highest BCUT2D eigenvalue weighted by molar-refractivity contribution is 7.22. The molecule has 0 unspecified atom stereocenters. The molecule has 146 valence electrons. The van der Waals surface area contributed by atoms with Gasteiger partial charge in [0.2, 0.25) is 11.8 Å². The van der Waals surface area contributed by atoms with Crippen LogP contribution in [0.2, 0.25) is 0 Å². The molecule has 1 heterocycles. The number of aromatic nitrogens is 1. The molecular formula is C22H25N3O2S. The molecule has 1 N–H and O–H groups in total. The van der Waals surface area contributed by atoms with Crippen molar-refractivity contribution in [1.29, 1.82) is 0 Å². The second kappa shape index (κ2) is 8.97. The number of carbonyl (C=O) groups excluding carboxylic acids is 2. The molecule has 0 radical (unpaired) electrons. The molecule has 0 saturated heterocycles. The molecule has 5 nitrogen and oxygen atoms in total. The minimum absolute atomic E-state index is 0.0530. The lowest BCUT2D eigenvalue weighted by atomic mass is 10.0. The minimum Gasteiger partial charge on any atom is -0.356 e. The molecule has 0 spiro atoms. The summed E-state index contributed by atoms with van der Waals surface area (Å²) in [7, 11) is 0. The zero-order valence-electron chi connectivity index (χ0n) is 16.4. The van der Waals surface area contributed by atoms with Crippen molar-refractivity contribution < 1.29 is 9.59 Å². The monoisotopic (exact) mass is 395 g/mol. The fraction of sp³-hybridized carbons (Fsp3) is 0.318. The molecule has 6 heteroatoms. The van der Waals surface area contributed by atoms with E-state index in [0.717, 1.165) is 15.8 Å². The van der Waals surface area contributed by atoms with Gasteiger partial charge in [-0.2, -0.15) is 0 Å². The maximum Gasteiger partial charge on any atom is 0.230 e. The van der Waals surface area contributed by atoms with E-state index in [-0.39, 0.29) is 18.2 Å². The zero-order chi connectivity index (χ0) is 20.1. The number of benzene rings is 2. The fourth-order valence-corrected chi connectivity index (χ4v) is 4.07. The summed E-state index contributed by atoms with van der Waals surface area (Å²) in [5.41, 5.74) is 3.19. The Morgan fingerprint density at radius 3 is 2.54 bits per heavy atom. The van der Waals surface area contributed by atoms with Crippen LogP contribution in [-0.4, -0.2) is 23.3 Å². The highest BCUT2D eigenvalue weighted by Gasteiger charge is 2.21. The summed E-state index contributed by atoms with van der Waals surface area (Å²) in [6.07, 6.45) is 0.235. The first-order valence-electron chi connectivity index (χ1n) is 9.44. The molecule has 0 saturated carbocycles. The average molecular weight is 396 g/mol. The van der Waals surface area contributed by atoms with Crippen LogP contribution in [-0.2, 0) is 16.1 Å². The molecule has 3 rings (SSSR count). The summed E-state index contributed by atoms with van der Waals surface area (Å²) in [4.78, 5) is 30.7. The number of anilines is 1. The Hall–Kier alpha value is -2.73. The summed E-state index contributed by atoms with van der Waals surface area (Å²) >= 11 is 1.53. The van der Waals surface area contributed by atoms with Gasteiger partial charge in [-0.15, -0.1) is 0 Å². The number of para-hydroxylation sites is 1. The van der Waals surface area contributed by atoms with Gasteiger partial charge in [-0.1, -0.05) is 67.6 Å². The van der Waals surface area contributed by atoms with Crippen LogP contribution in [0, 0.1) is 0 Å². The number of amides is 2. The fourth-order valence-electron chi connectivity index (χ4n) is 3.05. The first-order chi connectivity index (χ1) is 13.5. The topological polar surface area (TPSA) is 62.3 Å². The maximum atomic E-state index is 13.0. The molecule has 28 heavy (non-hydrogen) atoms. The van der Waals surface area contributed by atoms with Crippen LogP contribution in [0.15, 0.2) is 48.5 Å². The zero-order valence-corrected chi connectivity index (χ0v) is 17.3. The van der Waals surface area contributed by atoms with Crippen LogP contribution in [0.5, 0.6) is 0 Å². The van der Waals surface area contributed by atoms with Crippen molar-refractivity contribution in [2.24, 2.45) is 0 Å². The molecule has 2 aromatic carbocycles. The van der Waals surface area contributed by atoms with Crippen LogP contribution in [0.1, 0.15) is 44.2 Å². The highest BCUT2D eigenvalue weighted by atomic mass is 32.1. The number of rotatable bonds is 7. The minimum atomic E-state index is -0.135. The number of thiazole rings is 1. The van der Waals surface area contributed by atoms with Gasteiger partial charge in [0, 0.05) is 19.9 Å². The van der Waals surface area contributed by atoms with Gasteiger partial charge in [-0.25, -0.2) is 4.98 Å². The Bertz CT molecular complexity index is 966. The van der Waals surface area contributed by atoms with Gasteiger partial charge in [-0.3, -0.25) is 14.5 Å². The molecular weight excluding hydrogens is 370 g/mol. The van der Waals surface area contributed by atoms with E-state index in [1.165, 1.54) is 23.8 Å². The highest BCUT2D eigenvalue weighted by Crippen LogP contribution is 2.34. The Morgan fingerprint density at radius 1 is 1.11 bits per heavy atom. The van der Waals surface area contributed by atoms with E-state index in [4.69, 9.17) is 4.98 Å². The van der Waals surface area contributed by atoms with Crippen molar-refractivity contribution in [3.63, 3.8) is 0 Å². The van der Waals surface area contributed by atoms with Crippen molar-refractivity contribution in [1.82, 2.24) is 10.3 Å². The lowest BCUT2D eigenvalue weighted by Crippen LogP contribution is -2.33. The molecule has 3 aromatic rings. The van der Waals surface area contributed by atoms with Gasteiger partial charge in [0.05, 0.1) is 16.8 Å². The summed E-state index contributed by atoms with van der Waals surface area (Å²) in [5.74, 6) is 0.170. The van der Waals surface area contributed by atoms with Gasteiger partial charge in [0.25, 0.3) is 0 Å². The number of hydrogen-bond donors (Lipinski definition) is 1. The maximum absolute atomic E-state index is 13.0. The predicted molar refractivity (Wildman–Crippen MR) is 115 cm³/mol. The Labute approximate surface area is 169 Å². The molecule has 0 atom stereocenters. The Morgan fingerprint density at radius 2 is 1.86 bits per heavy atom. The van der Waals surface area contributed by atoms with E-state index in [2.05, 4.69) is 25.2 Å². The SMILES string of the molecule is CC(=O)NCCC(=O)N(Cc1ccccc1)c1nc2c(C(C)C)cccc2s1. The lowest BCUT2D eigenvalue weighted by Gasteiger charge is -2.20.